The average molecular weight is 677 g/mol. The van der Waals surface area contributed by atoms with Gasteiger partial charge in [0.05, 0.1) is 18.8 Å². The molecular weight excluding hydrogens is 645 g/mol. The molecule has 4 aromatic rings. The standard InChI is InChI=1S/C32H31Cl2N9O4/c1-37-38-18-43(36)27-11-8-23(33)14-21(27)7-12-28(45)40-26(13-19-3-5-20(17-44)6-4-19)31-41-29(30(34)42-31)25-10-9-24(15-22(25)16-35)39-32(46)47-2/h3-12,14-15,17-18,26H,1,13,16,35-36H2,2H3,(H,39,46)(H,40,45)(H,41,42)/b12-7+,38-18-/t26-/m0/s1. The van der Waals surface area contributed by atoms with Crippen LogP contribution in [0.5, 0.6) is 0 Å². The number of nitrogens with two attached hydrogens (primary N) is 2. The minimum absolute atomic E-state index is 0.125. The summed E-state index contributed by atoms with van der Waals surface area (Å²) >= 11 is 12.9. The maximum atomic E-state index is 13.3. The molecule has 242 valence electrons. The van der Waals surface area contributed by atoms with Crippen molar-refractivity contribution in [1.29, 1.82) is 0 Å². The number of nitrogens with zero attached hydrogens (tertiary/aromatic N) is 4. The Hall–Kier alpha value is -5.34. The van der Waals surface area contributed by atoms with E-state index in [4.69, 9.17) is 39.8 Å². The van der Waals surface area contributed by atoms with Crippen molar-refractivity contribution in [2.45, 2.75) is 19.0 Å². The van der Waals surface area contributed by atoms with Crippen molar-refractivity contribution in [3.8, 4) is 11.3 Å². The molecule has 1 heterocycles. The van der Waals surface area contributed by atoms with Gasteiger partial charge in [0.1, 0.15) is 29.3 Å². The zero-order chi connectivity index (χ0) is 33.9. The SMILES string of the molecule is C=N/N=C\N(N)c1ccc(Cl)cc1/C=C/C(=O)N[C@@H](Cc1ccc(C=O)cc1)c1nc(-c2ccc(NC(=O)OC)cc2CN)c(Cl)[nH]1. The van der Waals surface area contributed by atoms with Crippen LogP contribution in [0.1, 0.15) is 38.9 Å². The maximum absolute atomic E-state index is 13.3. The van der Waals surface area contributed by atoms with Gasteiger partial charge in [0.25, 0.3) is 0 Å². The first-order chi connectivity index (χ1) is 22.6. The number of halogens is 2. The number of H-pyrrole nitrogens is 1. The number of carbonyl (C=O) groups excluding carboxylic acids is 3. The van der Waals surface area contributed by atoms with E-state index in [0.717, 1.165) is 11.8 Å². The number of anilines is 2. The molecular formula is C32H31Cl2N9O4. The Morgan fingerprint density at radius 1 is 1.15 bits per heavy atom. The summed E-state index contributed by atoms with van der Waals surface area (Å²) in [5, 5.41) is 14.5. The minimum atomic E-state index is -0.683. The fraction of sp³-hybridized carbons (Fsp3) is 0.125. The predicted molar refractivity (Wildman–Crippen MR) is 185 cm³/mol. The predicted octanol–water partition coefficient (Wildman–Crippen LogP) is 5.27. The van der Waals surface area contributed by atoms with Gasteiger partial charge in [-0.2, -0.15) is 5.10 Å². The molecule has 0 saturated heterocycles. The van der Waals surface area contributed by atoms with Gasteiger partial charge in [-0.15, -0.1) is 5.10 Å². The first-order valence-electron chi connectivity index (χ1n) is 13.9. The molecule has 0 bridgehead atoms. The van der Waals surface area contributed by atoms with Gasteiger partial charge in [0, 0.05) is 46.7 Å². The van der Waals surface area contributed by atoms with E-state index < -0.39 is 18.0 Å². The van der Waals surface area contributed by atoms with Crippen LogP contribution in [0.3, 0.4) is 0 Å². The number of hydrogen-bond donors (Lipinski definition) is 5. The lowest BCUT2D eigenvalue weighted by molar-refractivity contribution is -0.117. The van der Waals surface area contributed by atoms with Gasteiger partial charge >= 0.3 is 6.09 Å². The summed E-state index contributed by atoms with van der Waals surface area (Å²) in [4.78, 5) is 44.0. The number of nitrogens with one attached hydrogen (secondary N) is 3. The number of imidazole rings is 1. The van der Waals surface area contributed by atoms with E-state index in [1.165, 1.54) is 24.5 Å². The first kappa shape index (κ1) is 34.5. The van der Waals surface area contributed by atoms with E-state index in [0.29, 0.717) is 56.6 Å². The van der Waals surface area contributed by atoms with Crippen molar-refractivity contribution in [2.24, 2.45) is 21.8 Å². The average Bonchev–Trinajstić information content (AvgIpc) is 3.47. The fourth-order valence-electron chi connectivity index (χ4n) is 4.57. The van der Waals surface area contributed by atoms with Crippen LogP contribution in [0.4, 0.5) is 16.2 Å². The van der Waals surface area contributed by atoms with Gasteiger partial charge in [0.2, 0.25) is 5.91 Å². The van der Waals surface area contributed by atoms with Crippen molar-refractivity contribution in [2.75, 3.05) is 17.4 Å². The normalized spacial score (nSPS) is 11.8. The van der Waals surface area contributed by atoms with Crippen LogP contribution in [-0.2, 0) is 22.5 Å². The third kappa shape index (κ3) is 9.11. The highest BCUT2D eigenvalue weighted by Crippen LogP contribution is 2.32. The Morgan fingerprint density at radius 2 is 1.91 bits per heavy atom. The molecule has 0 saturated carbocycles. The van der Waals surface area contributed by atoms with Crippen LogP contribution in [0, 0.1) is 0 Å². The molecule has 4 rings (SSSR count). The third-order valence-corrected chi connectivity index (χ3v) is 7.34. The van der Waals surface area contributed by atoms with Gasteiger partial charge in [-0.05, 0) is 54.0 Å². The van der Waals surface area contributed by atoms with Crippen LogP contribution in [0.25, 0.3) is 17.3 Å². The Bertz CT molecular complexity index is 1820. The molecule has 1 atom stereocenters. The van der Waals surface area contributed by atoms with Crippen LogP contribution in [-0.4, -0.2) is 48.4 Å². The summed E-state index contributed by atoms with van der Waals surface area (Å²) in [6.07, 6.45) is 4.58. The van der Waals surface area contributed by atoms with Gasteiger partial charge in [0.15, 0.2) is 0 Å². The highest BCUT2D eigenvalue weighted by molar-refractivity contribution is 6.32. The lowest BCUT2D eigenvalue weighted by atomic mass is 10.0. The van der Waals surface area contributed by atoms with E-state index in [2.05, 4.69) is 37.3 Å². The van der Waals surface area contributed by atoms with Crippen LogP contribution in [0.15, 0.2) is 76.9 Å². The van der Waals surface area contributed by atoms with Gasteiger partial charge in [-0.3, -0.25) is 19.9 Å². The van der Waals surface area contributed by atoms with Gasteiger partial charge in [-0.1, -0.05) is 53.5 Å². The van der Waals surface area contributed by atoms with Crippen molar-refractivity contribution in [3.63, 3.8) is 0 Å². The minimum Gasteiger partial charge on any atom is -0.453 e. The number of amides is 2. The lowest BCUT2D eigenvalue weighted by Gasteiger charge is -2.17. The fourth-order valence-corrected chi connectivity index (χ4v) is 4.99. The second kappa shape index (κ2) is 16.3. The number of benzene rings is 3. The van der Waals surface area contributed by atoms with Crippen molar-refractivity contribution < 1.29 is 19.1 Å². The summed E-state index contributed by atoms with van der Waals surface area (Å²) in [5.74, 6) is 5.98. The molecule has 0 aliphatic carbocycles. The summed E-state index contributed by atoms with van der Waals surface area (Å²) in [7, 11) is 1.27. The molecule has 1 aromatic heterocycles. The second-order valence-corrected chi connectivity index (χ2v) is 10.7. The van der Waals surface area contributed by atoms with Crippen LogP contribution >= 0.6 is 23.2 Å². The molecule has 13 nitrogen and oxygen atoms in total. The van der Waals surface area contributed by atoms with E-state index in [1.54, 1.807) is 66.7 Å². The highest BCUT2D eigenvalue weighted by Gasteiger charge is 2.22. The Labute approximate surface area is 280 Å². The molecule has 0 spiro atoms. The van der Waals surface area contributed by atoms with E-state index in [1.807, 2.05) is 0 Å². The van der Waals surface area contributed by atoms with E-state index in [9.17, 15) is 14.4 Å². The Kier molecular flexibility index (Phi) is 12.0. The molecule has 3 aromatic carbocycles. The molecule has 0 radical (unpaired) electrons. The number of methoxy groups -OCH3 is 1. The number of aromatic amines is 1. The molecule has 47 heavy (non-hydrogen) atoms. The molecule has 0 aliphatic rings. The second-order valence-electron chi connectivity index (χ2n) is 9.92. The summed E-state index contributed by atoms with van der Waals surface area (Å²) in [6, 6.07) is 16.3. The number of rotatable bonds is 13. The first-order valence-corrected chi connectivity index (χ1v) is 14.7. The van der Waals surface area contributed by atoms with Crippen molar-refractivity contribution in [3.05, 3.63) is 105 Å². The van der Waals surface area contributed by atoms with Crippen molar-refractivity contribution >= 4 is 72.0 Å². The summed E-state index contributed by atoms with van der Waals surface area (Å²) in [5.41, 5.74) is 10.6. The number of carbonyl (C=O) groups is 3. The van der Waals surface area contributed by atoms with E-state index in [-0.39, 0.29) is 11.7 Å². The Balaban J connectivity index is 1.66. The monoisotopic (exact) mass is 675 g/mol. The maximum Gasteiger partial charge on any atom is 0.411 e. The Morgan fingerprint density at radius 3 is 2.60 bits per heavy atom. The summed E-state index contributed by atoms with van der Waals surface area (Å²) < 4.78 is 4.66. The van der Waals surface area contributed by atoms with Crippen LogP contribution < -0.4 is 27.2 Å². The molecule has 2 amide bonds. The molecule has 7 N–H and O–H groups in total. The van der Waals surface area contributed by atoms with Crippen molar-refractivity contribution in [1.82, 2.24) is 15.3 Å². The number of aromatic nitrogens is 2. The molecule has 0 aliphatic heterocycles. The molecule has 0 fully saturated rings. The zero-order valence-electron chi connectivity index (χ0n) is 25.1. The topological polar surface area (TPSA) is 193 Å². The largest absolute Gasteiger partial charge is 0.453 e. The third-order valence-electron chi connectivity index (χ3n) is 6.83. The van der Waals surface area contributed by atoms with E-state index >= 15 is 0 Å². The lowest BCUT2D eigenvalue weighted by Crippen LogP contribution is -2.30. The number of ether oxygens (including phenoxy) is 1. The zero-order valence-corrected chi connectivity index (χ0v) is 26.6. The summed E-state index contributed by atoms with van der Waals surface area (Å²) in [6.45, 7) is 3.41. The van der Waals surface area contributed by atoms with Gasteiger partial charge in [-0.25, -0.2) is 15.6 Å². The molecule has 15 heteroatoms. The molecule has 0 unspecified atom stereocenters. The number of hydrazine groups is 1. The van der Waals surface area contributed by atoms with Crippen LogP contribution in [0.2, 0.25) is 10.2 Å². The smallest absolute Gasteiger partial charge is 0.411 e. The number of aldehydes is 1. The van der Waals surface area contributed by atoms with Gasteiger partial charge < -0.3 is 20.8 Å². The quantitative estimate of drug-likeness (QED) is 0.0316. The highest BCUT2D eigenvalue weighted by atomic mass is 35.5. The number of hydrogen-bond acceptors (Lipinski definition) is 9.